The Morgan fingerprint density at radius 1 is 0.976 bits per heavy atom. The summed E-state index contributed by atoms with van der Waals surface area (Å²) >= 11 is 3.45. The van der Waals surface area contributed by atoms with Gasteiger partial charge in [0.25, 0.3) is 0 Å². The van der Waals surface area contributed by atoms with Crippen LogP contribution in [-0.2, 0) is 32.6 Å². The van der Waals surface area contributed by atoms with Gasteiger partial charge in [0.1, 0.15) is 18.3 Å². The number of ether oxygens (including phenoxy) is 1. The van der Waals surface area contributed by atoms with E-state index in [9.17, 15) is 18.0 Å². The maximum Gasteiger partial charge on any atom is 0.244 e. The minimum atomic E-state index is -3.84. The van der Waals surface area contributed by atoms with Crippen LogP contribution >= 0.6 is 15.9 Å². The number of hydrogen-bond acceptors (Lipinski definition) is 5. The zero-order valence-electron chi connectivity index (χ0n) is 24.1. The molecular formula is C31H38BrN3O5S. The van der Waals surface area contributed by atoms with Crippen molar-refractivity contribution < 1.29 is 22.7 Å². The number of methoxy groups -OCH3 is 1. The van der Waals surface area contributed by atoms with Crippen LogP contribution in [0.5, 0.6) is 5.75 Å². The molecule has 3 aromatic carbocycles. The van der Waals surface area contributed by atoms with E-state index in [0.717, 1.165) is 31.7 Å². The normalized spacial score (nSPS) is 12.1. The molecule has 0 aliphatic carbocycles. The third-order valence-electron chi connectivity index (χ3n) is 6.55. The molecule has 0 aliphatic heterocycles. The lowest BCUT2D eigenvalue weighted by Crippen LogP contribution is -2.53. The van der Waals surface area contributed by atoms with Gasteiger partial charge in [-0.3, -0.25) is 13.9 Å². The van der Waals surface area contributed by atoms with Gasteiger partial charge in [-0.25, -0.2) is 8.42 Å². The molecule has 0 aromatic heterocycles. The summed E-state index contributed by atoms with van der Waals surface area (Å²) in [5, 5.41) is 2.98. The number of benzene rings is 3. The predicted octanol–water partition coefficient (Wildman–Crippen LogP) is 4.94. The topological polar surface area (TPSA) is 96.0 Å². The number of nitrogens with one attached hydrogen (secondary N) is 1. The lowest BCUT2D eigenvalue weighted by molar-refractivity contribution is -0.140. The summed E-state index contributed by atoms with van der Waals surface area (Å²) in [4.78, 5) is 29.3. The molecule has 10 heteroatoms. The first-order valence-electron chi connectivity index (χ1n) is 13.4. The van der Waals surface area contributed by atoms with E-state index in [-0.39, 0.29) is 24.8 Å². The Morgan fingerprint density at radius 3 is 2.27 bits per heavy atom. The molecule has 220 valence electrons. The van der Waals surface area contributed by atoms with Gasteiger partial charge in [0, 0.05) is 24.0 Å². The molecule has 0 radical (unpaired) electrons. The Morgan fingerprint density at radius 2 is 1.66 bits per heavy atom. The van der Waals surface area contributed by atoms with Crippen molar-refractivity contribution in [1.82, 2.24) is 10.2 Å². The van der Waals surface area contributed by atoms with Crippen LogP contribution < -0.4 is 14.4 Å². The molecule has 2 amide bonds. The van der Waals surface area contributed by atoms with E-state index in [2.05, 4.69) is 21.2 Å². The molecule has 0 spiro atoms. The number of sulfonamides is 1. The van der Waals surface area contributed by atoms with Gasteiger partial charge in [-0.1, -0.05) is 72.2 Å². The predicted molar refractivity (Wildman–Crippen MR) is 166 cm³/mol. The first kappa shape index (κ1) is 32.1. The minimum absolute atomic E-state index is 0.0829. The fraction of sp³-hybridized carbons (Fsp3) is 0.355. The third-order valence-corrected chi connectivity index (χ3v) is 8.58. The van der Waals surface area contributed by atoms with Crippen molar-refractivity contribution in [2.45, 2.75) is 39.8 Å². The molecule has 0 fully saturated rings. The van der Waals surface area contributed by atoms with E-state index in [1.165, 1.54) is 4.90 Å². The van der Waals surface area contributed by atoms with Gasteiger partial charge in [-0.05, 0) is 59.9 Å². The van der Waals surface area contributed by atoms with Crippen molar-refractivity contribution in [3.05, 3.63) is 94.0 Å². The Bertz CT molecular complexity index is 1450. The van der Waals surface area contributed by atoms with Crippen LogP contribution in [0.1, 0.15) is 30.5 Å². The lowest BCUT2D eigenvalue weighted by Gasteiger charge is -2.33. The average molecular weight is 645 g/mol. The van der Waals surface area contributed by atoms with Gasteiger partial charge in [0.05, 0.1) is 19.1 Å². The Kier molecular flexibility index (Phi) is 11.4. The highest BCUT2D eigenvalue weighted by Gasteiger charge is 2.33. The van der Waals surface area contributed by atoms with Gasteiger partial charge >= 0.3 is 0 Å². The molecule has 0 saturated heterocycles. The number of carbonyl (C=O) groups excluding carboxylic acids is 2. The number of halogens is 1. The van der Waals surface area contributed by atoms with Crippen LogP contribution in [-0.4, -0.2) is 57.6 Å². The second-order valence-electron chi connectivity index (χ2n) is 10.4. The van der Waals surface area contributed by atoms with Crippen molar-refractivity contribution in [2.75, 3.05) is 30.8 Å². The van der Waals surface area contributed by atoms with Crippen molar-refractivity contribution in [3.8, 4) is 5.75 Å². The van der Waals surface area contributed by atoms with Gasteiger partial charge in [0.2, 0.25) is 21.8 Å². The van der Waals surface area contributed by atoms with Crippen LogP contribution in [0.4, 0.5) is 5.69 Å². The van der Waals surface area contributed by atoms with E-state index >= 15 is 0 Å². The highest BCUT2D eigenvalue weighted by molar-refractivity contribution is 9.10. The third kappa shape index (κ3) is 9.33. The quantitative estimate of drug-likeness (QED) is 0.285. The maximum atomic E-state index is 14.2. The standard InChI is InChI=1S/C31H38BrN3O5S/c1-22(2)19-33-31(37)29(18-24-10-7-6-8-11-24)34(20-25-12-9-13-27(17-25)40-4)30(36)21-35(41(5,38)39)26-14-15-28(32)23(3)16-26/h6-17,22,29H,18-21H2,1-5H3,(H,33,37). The number of nitrogens with zero attached hydrogens (tertiary/aromatic N) is 2. The molecule has 0 saturated carbocycles. The molecular weight excluding hydrogens is 606 g/mol. The van der Waals surface area contributed by atoms with Crippen LogP contribution in [0.3, 0.4) is 0 Å². The van der Waals surface area contributed by atoms with E-state index in [0.29, 0.717) is 18.0 Å². The molecule has 3 rings (SSSR count). The molecule has 1 unspecified atom stereocenters. The zero-order chi connectivity index (χ0) is 30.2. The maximum absolute atomic E-state index is 14.2. The van der Waals surface area contributed by atoms with Gasteiger partial charge < -0.3 is 15.0 Å². The highest BCUT2D eigenvalue weighted by Crippen LogP contribution is 2.26. The molecule has 3 aromatic rings. The van der Waals surface area contributed by atoms with Crippen molar-refractivity contribution in [2.24, 2.45) is 5.92 Å². The second-order valence-corrected chi connectivity index (χ2v) is 13.2. The fourth-order valence-electron chi connectivity index (χ4n) is 4.34. The monoisotopic (exact) mass is 643 g/mol. The van der Waals surface area contributed by atoms with Crippen LogP contribution in [0.2, 0.25) is 0 Å². The summed E-state index contributed by atoms with van der Waals surface area (Å²) in [5.41, 5.74) is 2.82. The Balaban J connectivity index is 2.07. The number of aryl methyl sites for hydroxylation is 1. The molecule has 1 atom stereocenters. The number of amides is 2. The van der Waals surface area contributed by atoms with Crippen molar-refractivity contribution in [1.29, 1.82) is 0 Å². The van der Waals surface area contributed by atoms with Gasteiger partial charge in [-0.15, -0.1) is 0 Å². The van der Waals surface area contributed by atoms with Gasteiger partial charge in [0.15, 0.2) is 0 Å². The van der Waals surface area contributed by atoms with Crippen molar-refractivity contribution >= 4 is 43.5 Å². The number of hydrogen-bond donors (Lipinski definition) is 1. The summed E-state index contributed by atoms with van der Waals surface area (Å²) < 4.78 is 33.2. The molecule has 0 bridgehead atoms. The van der Waals surface area contributed by atoms with E-state index in [1.54, 1.807) is 37.4 Å². The fourth-order valence-corrected chi connectivity index (χ4v) is 5.43. The first-order valence-corrected chi connectivity index (χ1v) is 16.0. The summed E-state index contributed by atoms with van der Waals surface area (Å²) in [6, 6.07) is 21.0. The van der Waals surface area contributed by atoms with Crippen LogP contribution in [0, 0.1) is 12.8 Å². The Hall–Kier alpha value is -3.37. The average Bonchev–Trinajstić information content (AvgIpc) is 2.93. The van der Waals surface area contributed by atoms with E-state index < -0.39 is 28.5 Å². The largest absolute Gasteiger partial charge is 0.497 e. The zero-order valence-corrected chi connectivity index (χ0v) is 26.5. The Labute approximate surface area is 251 Å². The SMILES string of the molecule is COc1cccc(CN(C(=O)CN(c2ccc(Br)c(C)c2)S(C)(=O)=O)C(Cc2ccccc2)C(=O)NCC(C)C)c1. The molecule has 8 nitrogen and oxygen atoms in total. The van der Waals surface area contributed by atoms with Crippen molar-refractivity contribution in [3.63, 3.8) is 0 Å². The van der Waals surface area contributed by atoms with E-state index in [1.807, 2.05) is 63.2 Å². The number of carbonyl (C=O) groups is 2. The number of anilines is 1. The smallest absolute Gasteiger partial charge is 0.244 e. The summed E-state index contributed by atoms with van der Waals surface area (Å²) in [6.07, 6.45) is 1.33. The molecule has 41 heavy (non-hydrogen) atoms. The molecule has 1 N–H and O–H groups in total. The van der Waals surface area contributed by atoms with E-state index in [4.69, 9.17) is 4.74 Å². The number of rotatable bonds is 13. The lowest BCUT2D eigenvalue weighted by atomic mass is 10.0. The van der Waals surface area contributed by atoms with Gasteiger partial charge in [-0.2, -0.15) is 0 Å². The molecule has 0 heterocycles. The van der Waals surface area contributed by atoms with Crippen LogP contribution in [0.15, 0.2) is 77.3 Å². The van der Waals surface area contributed by atoms with Crippen LogP contribution in [0.25, 0.3) is 0 Å². The first-order chi connectivity index (χ1) is 19.4. The minimum Gasteiger partial charge on any atom is -0.497 e. The summed E-state index contributed by atoms with van der Waals surface area (Å²) in [5.74, 6) is 0.0192. The highest BCUT2D eigenvalue weighted by atomic mass is 79.9. The summed E-state index contributed by atoms with van der Waals surface area (Å²) in [7, 11) is -2.28. The molecule has 0 aliphatic rings. The summed E-state index contributed by atoms with van der Waals surface area (Å²) in [6.45, 7) is 5.90. The second kappa shape index (κ2) is 14.5.